The zero-order valence-electron chi connectivity index (χ0n) is 18.1. The van der Waals surface area contributed by atoms with Gasteiger partial charge in [-0.3, -0.25) is 0 Å². The van der Waals surface area contributed by atoms with E-state index in [1.165, 1.54) is 0 Å². The summed E-state index contributed by atoms with van der Waals surface area (Å²) in [5, 5.41) is 1.97. The van der Waals surface area contributed by atoms with E-state index in [1.807, 2.05) is 12.2 Å². The molecule has 2 amide bonds. The van der Waals surface area contributed by atoms with E-state index in [0.717, 1.165) is 19.3 Å². The number of nitrogens with one attached hydrogen (secondary N) is 1. The van der Waals surface area contributed by atoms with E-state index in [-0.39, 0.29) is 5.92 Å². The van der Waals surface area contributed by atoms with Crippen molar-refractivity contribution in [1.29, 1.82) is 0 Å². The Kier molecular flexibility index (Phi) is 13.2. The van der Waals surface area contributed by atoms with Gasteiger partial charge in [0.25, 0.3) is 0 Å². The third-order valence-corrected chi connectivity index (χ3v) is 2.63. The molecule has 2 unspecified atom stereocenters. The van der Waals surface area contributed by atoms with Gasteiger partial charge in [0.2, 0.25) is 0 Å². The number of aldehydes is 1. The van der Waals surface area contributed by atoms with Crippen molar-refractivity contribution in [3.05, 3.63) is 0 Å². The second kappa shape index (κ2) is 13.2. The van der Waals surface area contributed by atoms with Crippen LogP contribution in [-0.4, -0.2) is 43.4 Å². The second-order valence-electron chi connectivity index (χ2n) is 7.74. The minimum absolute atomic E-state index is 0.266. The summed E-state index contributed by atoms with van der Waals surface area (Å²) in [7, 11) is 1.68. The van der Waals surface area contributed by atoms with Crippen molar-refractivity contribution in [3.8, 4) is 11.8 Å². The van der Waals surface area contributed by atoms with Gasteiger partial charge in [0.15, 0.2) is 0 Å². The highest BCUT2D eigenvalue weighted by molar-refractivity contribution is 5.87. The molecule has 1 fully saturated rings. The molecule has 0 heterocycles. The van der Waals surface area contributed by atoms with Crippen LogP contribution in [0.1, 0.15) is 61.8 Å². The van der Waals surface area contributed by atoms with Crippen molar-refractivity contribution in [2.75, 3.05) is 13.7 Å². The van der Waals surface area contributed by atoms with E-state index >= 15 is 0 Å². The van der Waals surface area contributed by atoms with Crippen molar-refractivity contribution in [1.82, 2.24) is 5.32 Å². The lowest BCUT2D eigenvalue weighted by Crippen LogP contribution is -2.39. The van der Waals surface area contributed by atoms with Crippen molar-refractivity contribution in [2.24, 2.45) is 11.8 Å². The first-order chi connectivity index (χ1) is 12.3. The van der Waals surface area contributed by atoms with E-state index in [1.54, 1.807) is 55.6 Å². The standard InChI is InChI=1S/C10H19NO4.C7H8O.C3H8O/c1-9(2,3)14-7(12)11-8(13)15-10(4,5)6;1-2-3-6-4-7(6)5-8;1-3-4-2/h1-6H3,(H,11,12,13);5-7H,4H2,1H3;3H2,1-2H3. The Morgan fingerprint density at radius 1 is 1.07 bits per heavy atom. The Hall–Kier alpha value is -2.07. The minimum atomic E-state index is -0.809. The molecule has 0 bridgehead atoms. The number of hydrogen-bond donors (Lipinski definition) is 1. The number of carbonyl (C=O) groups is 3. The van der Waals surface area contributed by atoms with E-state index in [0.29, 0.717) is 5.92 Å². The van der Waals surface area contributed by atoms with Gasteiger partial charge in [0.1, 0.15) is 17.5 Å². The number of hydrogen-bond acceptors (Lipinski definition) is 6. The Bertz CT molecular complexity index is 491. The Morgan fingerprint density at radius 2 is 1.48 bits per heavy atom. The summed E-state index contributed by atoms with van der Waals surface area (Å²) in [6.45, 7) is 14.8. The maximum absolute atomic E-state index is 11.1. The molecule has 0 saturated heterocycles. The summed E-state index contributed by atoms with van der Waals surface area (Å²) < 4.78 is 14.3. The van der Waals surface area contributed by atoms with Gasteiger partial charge in [-0.05, 0) is 61.8 Å². The lowest BCUT2D eigenvalue weighted by molar-refractivity contribution is -0.109. The van der Waals surface area contributed by atoms with Crippen LogP contribution in [0.3, 0.4) is 0 Å². The molecule has 156 valence electrons. The van der Waals surface area contributed by atoms with E-state index in [2.05, 4.69) is 16.6 Å². The average Bonchev–Trinajstić information content (AvgIpc) is 3.22. The van der Waals surface area contributed by atoms with Crippen LogP contribution in [0.2, 0.25) is 0 Å². The molecule has 2 atom stereocenters. The highest BCUT2D eigenvalue weighted by Crippen LogP contribution is 2.35. The third kappa shape index (κ3) is 20.1. The fourth-order valence-electron chi connectivity index (χ4n) is 1.41. The van der Waals surface area contributed by atoms with Crippen LogP contribution in [-0.2, 0) is 19.0 Å². The number of rotatable bonds is 2. The quantitative estimate of drug-likeness (QED) is 0.572. The molecule has 1 rings (SSSR count). The Balaban J connectivity index is 0. The van der Waals surface area contributed by atoms with Gasteiger partial charge >= 0.3 is 12.2 Å². The maximum atomic E-state index is 11.1. The maximum Gasteiger partial charge on any atom is 0.417 e. The van der Waals surface area contributed by atoms with Crippen LogP contribution < -0.4 is 5.32 Å². The average molecular weight is 386 g/mol. The van der Waals surface area contributed by atoms with E-state index < -0.39 is 23.4 Å². The molecule has 7 nitrogen and oxygen atoms in total. The molecule has 1 N–H and O–H groups in total. The molecule has 1 aliphatic carbocycles. The molecule has 1 saturated carbocycles. The number of alkyl carbamates (subject to hydrolysis) is 2. The molecular formula is C20H35NO6. The fraction of sp³-hybridized carbons (Fsp3) is 0.750. The first kappa shape index (κ1) is 27.2. The first-order valence-electron chi connectivity index (χ1n) is 8.89. The molecule has 0 aromatic heterocycles. The highest BCUT2D eigenvalue weighted by atomic mass is 16.6. The van der Waals surface area contributed by atoms with Crippen LogP contribution in [0.15, 0.2) is 0 Å². The van der Waals surface area contributed by atoms with Crippen LogP contribution in [0.4, 0.5) is 9.59 Å². The molecule has 0 radical (unpaired) electrons. The predicted molar refractivity (Wildman–Crippen MR) is 104 cm³/mol. The molecule has 1 aliphatic rings. The van der Waals surface area contributed by atoms with Gasteiger partial charge in [-0.15, -0.1) is 5.92 Å². The molecule has 0 spiro atoms. The Labute approximate surface area is 163 Å². The summed E-state index contributed by atoms with van der Waals surface area (Å²) in [5.41, 5.74) is -1.27. The van der Waals surface area contributed by atoms with Gasteiger partial charge in [-0.1, -0.05) is 5.92 Å². The summed E-state index contributed by atoms with van der Waals surface area (Å²) in [4.78, 5) is 32.2. The monoisotopic (exact) mass is 385 g/mol. The van der Waals surface area contributed by atoms with E-state index in [9.17, 15) is 14.4 Å². The molecule has 0 aliphatic heterocycles. The van der Waals surface area contributed by atoms with Crippen LogP contribution in [0, 0.1) is 23.7 Å². The minimum Gasteiger partial charge on any atom is -0.443 e. The predicted octanol–water partition coefficient (Wildman–Crippen LogP) is 3.94. The molecule has 7 heteroatoms. The van der Waals surface area contributed by atoms with Crippen molar-refractivity contribution >= 4 is 18.5 Å². The summed E-state index contributed by atoms with van der Waals surface area (Å²) in [6, 6.07) is 0. The van der Waals surface area contributed by atoms with Crippen molar-refractivity contribution in [2.45, 2.75) is 73.0 Å². The SMILES string of the molecule is CC#CC1CC1C=O.CC(C)(C)OC(=O)NC(=O)OC(C)(C)C.CCOC. The highest BCUT2D eigenvalue weighted by Gasteiger charge is 2.34. The van der Waals surface area contributed by atoms with Crippen LogP contribution >= 0.6 is 0 Å². The lowest BCUT2D eigenvalue weighted by atomic mass is 10.2. The van der Waals surface area contributed by atoms with Gasteiger partial charge < -0.3 is 19.0 Å². The van der Waals surface area contributed by atoms with Crippen LogP contribution in [0.25, 0.3) is 0 Å². The molecular weight excluding hydrogens is 350 g/mol. The molecule has 0 aromatic rings. The molecule has 27 heavy (non-hydrogen) atoms. The van der Waals surface area contributed by atoms with Crippen LogP contribution in [0.5, 0.6) is 0 Å². The summed E-state index contributed by atoms with van der Waals surface area (Å²) in [6.07, 6.45) is 0.368. The Morgan fingerprint density at radius 3 is 1.70 bits per heavy atom. The molecule has 0 aromatic carbocycles. The van der Waals surface area contributed by atoms with Gasteiger partial charge in [0, 0.05) is 25.6 Å². The summed E-state index contributed by atoms with van der Waals surface area (Å²) >= 11 is 0. The van der Waals surface area contributed by atoms with E-state index in [4.69, 9.17) is 9.47 Å². The number of imide groups is 1. The number of methoxy groups -OCH3 is 1. The van der Waals surface area contributed by atoms with Gasteiger partial charge in [-0.2, -0.15) is 0 Å². The van der Waals surface area contributed by atoms with Gasteiger partial charge in [0.05, 0.1) is 0 Å². The van der Waals surface area contributed by atoms with Crippen molar-refractivity contribution in [3.63, 3.8) is 0 Å². The largest absolute Gasteiger partial charge is 0.443 e. The number of amides is 2. The number of carbonyl (C=O) groups excluding carboxylic acids is 3. The smallest absolute Gasteiger partial charge is 0.417 e. The van der Waals surface area contributed by atoms with Crippen molar-refractivity contribution < 1.29 is 28.6 Å². The van der Waals surface area contributed by atoms with Gasteiger partial charge in [-0.25, -0.2) is 14.9 Å². The number of ether oxygens (including phenoxy) is 3. The zero-order valence-corrected chi connectivity index (χ0v) is 18.1. The summed E-state index contributed by atoms with van der Waals surface area (Å²) in [5.74, 6) is 6.39. The first-order valence-corrected chi connectivity index (χ1v) is 8.89. The fourth-order valence-corrected chi connectivity index (χ4v) is 1.41. The topological polar surface area (TPSA) is 90.9 Å². The second-order valence-corrected chi connectivity index (χ2v) is 7.74. The zero-order chi connectivity index (χ0) is 21.7. The third-order valence-electron chi connectivity index (χ3n) is 2.63. The lowest BCUT2D eigenvalue weighted by Gasteiger charge is -2.21. The normalized spacial score (nSPS) is 17.4.